The molecule has 1 rings (SSSR count). The van der Waals surface area contributed by atoms with E-state index in [0.29, 0.717) is 0 Å². The van der Waals surface area contributed by atoms with E-state index in [-0.39, 0.29) is 0 Å². The number of pyridine rings is 1. The largest absolute Gasteiger partial charge is 0.306 e. The van der Waals surface area contributed by atoms with E-state index in [1.54, 1.807) is 0 Å². The SMILES string of the molecule is CCNC(C)(C#N)CCCN(C)CCc1ccccn1. The number of aromatic nitrogens is 1. The molecule has 0 radical (unpaired) electrons. The third kappa shape index (κ3) is 6.14. The number of rotatable bonds is 9. The summed E-state index contributed by atoms with van der Waals surface area (Å²) in [6.45, 7) is 6.86. The van der Waals surface area contributed by atoms with Gasteiger partial charge in [0, 0.05) is 24.9 Å². The Morgan fingerprint density at radius 3 is 2.80 bits per heavy atom. The number of nitrogens with zero attached hydrogens (tertiary/aromatic N) is 3. The lowest BCUT2D eigenvalue weighted by atomic mass is 9.97. The highest BCUT2D eigenvalue weighted by atomic mass is 15.1. The van der Waals surface area contributed by atoms with E-state index in [2.05, 4.69) is 34.4 Å². The maximum Gasteiger partial charge on any atom is 0.103 e. The lowest BCUT2D eigenvalue weighted by Gasteiger charge is -2.24. The van der Waals surface area contributed by atoms with Gasteiger partial charge in [0.25, 0.3) is 0 Å². The van der Waals surface area contributed by atoms with Crippen LogP contribution in [-0.2, 0) is 6.42 Å². The number of nitrogens with one attached hydrogen (secondary N) is 1. The fraction of sp³-hybridized carbons (Fsp3) is 0.625. The third-order valence-corrected chi connectivity index (χ3v) is 3.51. The molecular formula is C16H26N4. The molecule has 1 N–H and O–H groups in total. The van der Waals surface area contributed by atoms with E-state index < -0.39 is 5.54 Å². The number of nitriles is 1. The summed E-state index contributed by atoms with van der Waals surface area (Å²) >= 11 is 0. The molecular weight excluding hydrogens is 248 g/mol. The lowest BCUT2D eigenvalue weighted by Crippen LogP contribution is -2.41. The predicted molar refractivity (Wildman–Crippen MR) is 82.4 cm³/mol. The molecule has 0 aliphatic rings. The van der Waals surface area contributed by atoms with Gasteiger partial charge in [0.15, 0.2) is 0 Å². The van der Waals surface area contributed by atoms with E-state index >= 15 is 0 Å². The number of hydrogen-bond donors (Lipinski definition) is 1. The quantitative estimate of drug-likeness (QED) is 0.750. The van der Waals surface area contributed by atoms with E-state index in [0.717, 1.165) is 44.6 Å². The zero-order chi connectivity index (χ0) is 14.8. The van der Waals surface area contributed by atoms with Crippen molar-refractivity contribution in [2.75, 3.05) is 26.7 Å². The molecule has 0 saturated carbocycles. The molecule has 1 atom stereocenters. The van der Waals surface area contributed by atoms with Crippen molar-refractivity contribution >= 4 is 0 Å². The highest BCUT2D eigenvalue weighted by Gasteiger charge is 2.21. The molecule has 1 heterocycles. The van der Waals surface area contributed by atoms with Crippen LogP contribution in [0.25, 0.3) is 0 Å². The summed E-state index contributed by atoms with van der Waals surface area (Å²) in [6.07, 6.45) is 4.71. The van der Waals surface area contributed by atoms with Crippen molar-refractivity contribution in [3.8, 4) is 6.07 Å². The van der Waals surface area contributed by atoms with Crippen molar-refractivity contribution < 1.29 is 0 Å². The standard InChI is InChI=1S/C16H26N4/c1-4-19-16(2,14-17)10-7-12-20(3)13-9-15-8-5-6-11-18-15/h5-6,8,11,19H,4,7,9-10,12-13H2,1-3H3. The number of likely N-dealkylation sites (N-methyl/N-ethyl adjacent to an activating group) is 1. The Kier molecular flexibility index (Phi) is 7.21. The first kappa shape index (κ1) is 16.6. The van der Waals surface area contributed by atoms with Crippen molar-refractivity contribution in [3.05, 3.63) is 30.1 Å². The van der Waals surface area contributed by atoms with Crippen LogP contribution in [0, 0.1) is 11.3 Å². The van der Waals surface area contributed by atoms with E-state index in [4.69, 9.17) is 0 Å². The van der Waals surface area contributed by atoms with Gasteiger partial charge in [-0.2, -0.15) is 5.26 Å². The molecule has 0 bridgehead atoms. The summed E-state index contributed by atoms with van der Waals surface area (Å²) in [6, 6.07) is 8.40. The Balaban J connectivity index is 2.23. The molecule has 1 aromatic rings. The molecule has 4 nitrogen and oxygen atoms in total. The zero-order valence-corrected chi connectivity index (χ0v) is 12.9. The molecule has 0 aliphatic heterocycles. The fourth-order valence-electron chi connectivity index (χ4n) is 2.24. The van der Waals surface area contributed by atoms with Crippen molar-refractivity contribution in [2.45, 2.75) is 38.6 Å². The number of hydrogen-bond acceptors (Lipinski definition) is 4. The first-order chi connectivity index (χ1) is 9.59. The van der Waals surface area contributed by atoms with Gasteiger partial charge >= 0.3 is 0 Å². The Morgan fingerprint density at radius 2 is 2.20 bits per heavy atom. The van der Waals surface area contributed by atoms with Crippen molar-refractivity contribution in [2.24, 2.45) is 0 Å². The van der Waals surface area contributed by atoms with Crippen LogP contribution in [0.15, 0.2) is 24.4 Å². The van der Waals surface area contributed by atoms with Crippen LogP contribution >= 0.6 is 0 Å². The Morgan fingerprint density at radius 1 is 1.40 bits per heavy atom. The molecule has 0 aliphatic carbocycles. The van der Waals surface area contributed by atoms with Gasteiger partial charge in [0.1, 0.15) is 5.54 Å². The van der Waals surface area contributed by atoms with Gasteiger partial charge < -0.3 is 4.90 Å². The highest BCUT2D eigenvalue weighted by Crippen LogP contribution is 2.11. The second kappa shape index (κ2) is 8.68. The van der Waals surface area contributed by atoms with Gasteiger partial charge in [-0.05, 0) is 52.0 Å². The minimum absolute atomic E-state index is 0.392. The van der Waals surface area contributed by atoms with Crippen LogP contribution in [0.2, 0.25) is 0 Å². The van der Waals surface area contributed by atoms with Crippen molar-refractivity contribution in [1.82, 2.24) is 15.2 Å². The van der Waals surface area contributed by atoms with Gasteiger partial charge in [0.2, 0.25) is 0 Å². The zero-order valence-electron chi connectivity index (χ0n) is 12.9. The van der Waals surface area contributed by atoms with E-state index in [1.165, 1.54) is 0 Å². The summed E-state index contributed by atoms with van der Waals surface area (Å²) < 4.78 is 0. The predicted octanol–water partition coefficient (Wildman–Crippen LogP) is 2.23. The fourth-order valence-corrected chi connectivity index (χ4v) is 2.24. The minimum Gasteiger partial charge on any atom is -0.306 e. The molecule has 4 heteroatoms. The molecule has 1 unspecified atom stereocenters. The normalized spacial score (nSPS) is 13.9. The van der Waals surface area contributed by atoms with E-state index in [9.17, 15) is 5.26 Å². The third-order valence-electron chi connectivity index (χ3n) is 3.51. The first-order valence-corrected chi connectivity index (χ1v) is 7.34. The smallest absolute Gasteiger partial charge is 0.103 e. The summed E-state index contributed by atoms with van der Waals surface area (Å²) in [4.78, 5) is 6.63. The minimum atomic E-state index is -0.392. The monoisotopic (exact) mass is 274 g/mol. The Labute approximate surface area is 122 Å². The topological polar surface area (TPSA) is 52.0 Å². The second-order valence-electron chi connectivity index (χ2n) is 5.45. The molecule has 1 aromatic heterocycles. The van der Waals surface area contributed by atoms with Crippen LogP contribution in [0.1, 0.15) is 32.4 Å². The summed E-state index contributed by atoms with van der Waals surface area (Å²) in [7, 11) is 2.12. The summed E-state index contributed by atoms with van der Waals surface area (Å²) in [5.74, 6) is 0. The Bertz CT molecular complexity index is 412. The molecule has 20 heavy (non-hydrogen) atoms. The maximum atomic E-state index is 9.20. The molecule has 0 fully saturated rings. The van der Waals surface area contributed by atoms with Crippen molar-refractivity contribution in [1.29, 1.82) is 5.26 Å². The first-order valence-electron chi connectivity index (χ1n) is 7.34. The maximum absolute atomic E-state index is 9.20. The molecule has 0 saturated heterocycles. The highest BCUT2D eigenvalue weighted by molar-refractivity contribution is 5.04. The summed E-state index contributed by atoms with van der Waals surface area (Å²) in [5, 5.41) is 12.4. The van der Waals surface area contributed by atoms with Crippen LogP contribution in [0.3, 0.4) is 0 Å². The molecule has 0 spiro atoms. The molecule has 110 valence electrons. The van der Waals surface area contributed by atoms with Crippen LogP contribution < -0.4 is 5.32 Å². The Hall–Kier alpha value is -1.44. The summed E-state index contributed by atoms with van der Waals surface area (Å²) in [5.41, 5.74) is 0.741. The second-order valence-corrected chi connectivity index (χ2v) is 5.45. The van der Waals surface area contributed by atoms with Gasteiger partial charge in [-0.3, -0.25) is 10.3 Å². The van der Waals surface area contributed by atoms with Crippen LogP contribution in [-0.4, -0.2) is 42.1 Å². The molecule has 0 amide bonds. The van der Waals surface area contributed by atoms with Crippen LogP contribution in [0.5, 0.6) is 0 Å². The van der Waals surface area contributed by atoms with Crippen molar-refractivity contribution in [3.63, 3.8) is 0 Å². The van der Waals surface area contributed by atoms with Gasteiger partial charge in [-0.25, -0.2) is 0 Å². The van der Waals surface area contributed by atoms with Gasteiger partial charge in [-0.1, -0.05) is 13.0 Å². The van der Waals surface area contributed by atoms with Crippen LogP contribution in [0.4, 0.5) is 0 Å². The van der Waals surface area contributed by atoms with E-state index in [1.807, 2.05) is 32.2 Å². The average Bonchev–Trinajstić information content (AvgIpc) is 2.46. The van der Waals surface area contributed by atoms with Gasteiger partial charge in [0.05, 0.1) is 6.07 Å². The average molecular weight is 274 g/mol. The lowest BCUT2D eigenvalue weighted by molar-refractivity contribution is 0.308. The van der Waals surface area contributed by atoms with Gasteiger partial charge in [-0.15, -0.1) is 0 Å². The molecule has 0 aromatic carbocycles.